The number of rotatable bonds is 7. The normalized spacial score (nSPS) is 30.7. The molecule has 0 aromatic heterocycles. The van der Waals surface area contributed by atoms with E-state index in [0.29, 0.717) is 11.7 Å². The molecule has 0 heterocycles. The molecule has 4 atom stereocenters. The average Bonchev–Trinajstić information content (AvgIpc) is 2.94. The van der Waals surface area contributed by atoms with Gasteiger partial charge in [0.25, 0.3) is 0 Å². The van der Waals surface area contributed by atoms with Crippen molar-refractivity contribution in [2.75, 3.05) is 12.9 Å². The molecule has 2 aliphatic carbocycles. The molecule has 0 N–H and O–H groups in total. The Kier molecular flexibility index (Phi) is 5.72. The van der Waals surface area contributed by atoms with E-state index in [2.05, 4.69) is 37.9 Å². The number of ether oxygens (including phenoxy) is 1. The summed E-state index contributed by atoms with van der Waals surface area (Å²) in [6.07, 6.45) is 5.37. The van der Waals surface area contributed by atoms with Crippen molar-refractivity contribution in [1.82, 2.24) is 0 Å². The molecule has 0 unspecified atom stereocenters. The Labute approximate surface area is 167 Å². The van der Waals surface area contributed by atoms with E-state index < -0.39 is 19.3 Å². The van der Waals surface area contributed by atoms with Gasteiger partial charge in [-0.1, -0.05) is 13.8 Å². The molecule has 2 bridgehead atoms. The maximum Gasteiger partial charge on any atom is 0.184 e. The topological polar surface area (TPSA) is 47.9 Å². The van der Waals surface area contributed by atoms with Crippen LogP contribution in [0.2, 0.25) is 19.6 Å². The lowest BCUT2D eigenvalue weighted by Crippen LogP contribution is -2.47. The highest BCUT2D eigenvalue weighted by molar-refractivity contribution is 7.83. The van der Waals surface area contributed by atoms with Gasteiger partial charge in [-0.3, -0.25) is 0 Å². The van der Waals surface area contributed by atoms with E-state index in [-0.39, 0.29) is 16.9 Å². The maximum absolute atomic E-state index is 12.9. The second kappa shape index (κ2) is 7.45. The van der Waals surface area contributed by atoms with Gasteiger partial charge in [0.15, 0.2) is 8.32 Å². The van der Waals surface area contributed by atoms with Gasteiger partial charge in [-0.15, -0.1) is 0 Å². The van der Waals surface area contributed by atoms with Gasteiger partial charge in [0, 0.05) is 11.6 Å². The van der Waals surface area contributed by atoms with Crippen LogP contribution in [0.5, 0.6) is 5.75 Å². The first kappa shape index (κ1) is 20.7. The molecule has 2 fully saturated rings. The van der Waals surface area contributed by atoms with E-state index in [1.807, 2.05) is 24.3 Å². The van der Waals surface area contributed by atoms with Crippen LogP contribution >= 0.6 is 0 Å². The molecule has 150 valence electrons. The Hall–Kier alpha value is -0.983. The largest absolute Gasteiger partial charge is 0.497 e. The van der Waals surface area contributed by atoms with Crippen molar-refractivity contribution in [1.29, 1.82) is 0 Å². The predicted molar refractivity (Wildman–Crippen MR) is 115 cm³/mol. The van der Waals surface area contributed by atoms with E-state index in [9.17, 15) is 4.21 Å². The first-order valence-electron chi connectivity index (χ1n) is 9.82. The van der Waals surface area contributed by atoms with Crippen LogP contribution in [0.4, 0.5) is 0 Å². The summed E-state index contributed by atoms with van der Waals surface area (Å²) in [7, 11) is -1.25. The van der Waals surface area contributed by atoms with Crippen molar-refractivity contribution in [3.8, 4) is 5.75 Å². The smallest absolute Gasteiger partial charge is 0.184 e. The molecular formula is C21H33NO3SSi. The molecule has 0 saturated heterocycles. The summed E-state index contributed by atoms with van der Waals surface area (Å²) in [5, 5.41) is 0. The van der Waals surface area contributed by atoms with Crippen LogP contribution in [0.3, 0.4) is 0 Å². The minimum atomic E-state index is -1.65. The number of hydrogen-bond acceptors (Lipinski definition) is 3. The van der Waals surface area contributed by atoms with Gasteiger partial charge >= 0.3 is 0 Å². The zero-order valence-corrected chi connectivity index (χ0v) is 19.3. The van der Waals surface area contributed by atoms with Gasteiger partial charge in [-0.05, 0) is 80.1 Å². The Balaban J connectivity index is 1.76. The molecule has 0 radical (unpaired) electrons. The molecule has 2 saturated carbocycles. The summed E-state index contributed by atoms with van der Waals surface area (Å²) in [6, 6.07) is 7.64. The van der Waals surface area contributed by atoms with E-state index >= 15 is 0 Å². The highest BCUT2D eigenvalue weighted by Crippen LogP contribution is 2.67. The highest BCUT2D eigenvalue weighted by atomic mass is 32.2. The number of hydrogen-bond donors (Lipinski definition) is 0. The van der Waals surface area contributed by atoms with Gasteiger partial charge < -0.3 is 9.16 Å². The van der Waals surface area contributed by atoms with Gasteiger partial charge in [0.2, 0.25) is 0 Å². The van der Waals surface area contributed by atoms with Crippen molar-refractivity contribution in [3.63, 3.8) is 0 Å². The van der Waals surface area contributed by atoms with Crippen LogP contribution in [-0.2, 0) is 15.4 Å². The molecule has 3 rings (SSSR count). The lowest BCUT2D eigenvalue weighted by Gasteiger charge is -2.43. The van der Waals surface area contributed by atoms with Crippen LogP contribution in [0, 0.1) is 16.7 Å². The van der Waals surface area contributed by atoms with Crippen molar-refractivity contribution in [3.05, 3.63) is 29.8 Å². The van der Waals surface area contributed by atoms with Crippen LogP contribution < -0.4 is 4.74 Å². The third-order valence-corrected chi connectivity index (χ3v) is 8.76. The molecule has 4 nitrogen and oxygen atoms in total. The van der Waals surface area contributed by atoms with Gasteiger partial charge in [-0.2, -0.15) is 4.40 Å². The van der Waals surface area contributed by atoms with Crippen molar-refractivity contribution >= 4 is 25.5 Å². The number of methoxy groups -OCH3 is 1. The maximum atomic E-state index is 12.9. The van der Waals surface area contributed by atoms with E-state index in [4.69, 9.17) is 9.16 Å². The second-order valence-corrected chi connectivity index (χ2v) is 15.1. The summed E-state index contributed by atoms with van der Waals surface area (Å²) < 4.78 is 29.1. The Bertz CT molecular complexity index is 726. The number of benzene rings is 1. The quantitative estimate of drug-likeness (QED) is 0.481. The van der Waals surface area contributed by atoms with Gasteiger partial charge in [0.1, 0.15) is 16.7 Å². The zero-order chi connectivity index (χ0) is 19.9. The molecule has 27 heavy (non-hydrogen) atoms. The summed E-state index contributed by atoms with van der Waals surface area (Å²) in [5.74, 6) is 2.07. The average molecular weight is 408 g/mol. The van der Waals surface area contributed by atoms with E-state index in [0.717, 1.165) is 24.2 Å². The first-order chi connectivity index (χ1) is 12.6. The Morgan fingerprint density at radius 1 is 1.26 bits per heavy atom. The van der Waals surface area contributed by atoms with Crippen molar-refractivity contribution in [2.45, 2.75) is 58.9 Å². The number of nitrogens with zero attached hydrogens (tertiary/aromatic N) is 1. The highest BCUT2D eigenvalue weighted by Gasteiger charge is 2.65. The Morgan fingerprint density at radius 2 is 1.93 bits per heavy atom. The standard InChI is InChI=1S/C21H33NO3SSi/c1-20(2)17-11-12-21(20,19(13-17)25-27(4,5)6)15-26(23)22-14-16-7-9-18(24-3)10-8-16/h7-10,14,17,19H,11-13,15H2,1-6H3/b22-14+/t17-,19-,21-,26+/m1/s1. The fourth-order valence-corrected chi connectivity index (χ4v) is 7.63. The zero-order valence-electron chi connectivity index (χ0n) is 17.5. The van der Waals surface area contributed by atoms with Crippen LogP contribution in [-0.4, -0.2) is 37.7 Å². The monoisotopic (exact) mass is 407 g/mol. The molecule has 1 aromatic carbocycles. The van der Waals surface area contributed by atoms with E-state index in [1.54, 1.807) is 13.3 Å². The SMILES string of the molecule is COc1ccc(/C=N/[S@@](=O)C[C@]23CC[C@H](C[C@H]2O[Si](C)(C)C)C3(C)C)cc1. The minimum Gasteiger partial charge on any atom is -0.497 e. The summed E-state index contributed by atoms with van der Waals surface area (Å²) in [4.78, 5) is 0. The molecule has 1 aromatic rings. The summed E-state index contributed by atoms with van der Waals surface area (Å²) in [6.45, 7) is 11.4. The number of fused-ring (bicyclic) bond motifs is 2. The van der Waals surface area contributed by atoms with Crippen LogP contribution in [0.1, 0.15) is 38.7 Å². The second-order valence-electron chi connectivity index (χ2n) is 9.54. The molecule has 6 heteroatoms. The lowest BCUT2D eigenvalue weighted by molar-refractivity contribution is 0.0287. The molecule has 2 aliphatic rings. The third-order valence-electron chi connectivity index (χ3n) is 6.67. The van der Waals surface area contributed by atoms with Crippen LogP contribution in [0.15, 0.2) is 28.7 Å². The lowest BCUT2D eigenvalue weighted by atomic mass is 9.70. The fraction of sp³-hybridized carbons (Fsp3) is 0.667. The molecule has 0 spiro atoms. The molecule has 0 aliphatic heterocycles. The predicted octanol–water partition coefficient (Wildman–Crippen LogP) is 4.82. The molecular weight excluding hydrogens is 374 g/mol. The van der Waals surface area contributed by atoms with Crippen molar-refractivity contribution in [2.24, 2.45) is 21.1 Å². The summed E-state index contributed by atoms with van der Waals surface area (Å²) in [5.41, 5.74) is 1.06. The molecule has 0 amide bonds. The van der Waals surface area contributed by atoms with E-state index in [1.165, 1.54) is 6.42 Å². The minimum absolute atomic E-state index is 0.0277. The first-order valence-corrected chi connectivity index (χ1v) is 14.5. The van der Waals surface area contributed by atoms with Crippen LogP contribution in [0.25, 0.3) is 0 Å². The van der Waals surface area contributed by atoms with Crippen molar-refractivity contribution < 1.29 is 13.4 Å². The van der Waals surface area contributed by atoms with Gasteiger partial charge in [0.05, 0.1) is 19.0 Å². The fourth-order valence-electron chi connectivity index (χ4n) is 5.00. The summed E-state index contributed by atoms with van der Waals surface area (Å²) >= 11 is 0. The van der Waals surface area contributed by atoms with Gasteiger partial charge in [-0.25, -0.2) is 4.21 Å². The Morgan fingerprint density at radius 3 is 2.48 bits per heavy atom. The third kappa shape index (κ3) is 4.08.